The first-order valence-corrected chi connectivity index (χ1v) is 9.12. The molecule has 4 rings (SSSR count). The molecule has 2 N–H and O–H groups in total. The summed E-state index contributed by atoms with van der Waals surface area (Å²) < 4.78 is 28.0. The largest absolute Gasteiger partial charge is 0.504 e. The zero-order valence-electron chi connectivity index (χ0n) is 16.0. The normalized spacial score (nSPS) is 26.1. The maximum absolute atomic E-state index is 10.2. The van der Waals surface area contributed by atoms with Gasteiger partial charge in [0.25, 0.3) is 0 Å². The number of rotatable bonds is 5. The van der Waals surface area contributed by atoms with Gasteiger partial charge in [0, 0.05) is 11.8 Å². The minimum Gasteiger partial charge on any atom is -0.504 e. The second-order valence-electron chi connectivity index (χ2n) is 7.04. The molecule has 7 heteroatoms. The van der Waals surface area contributed by atoms with Gasteiger partial charge in [0.15, 0.2) is 23.0 Å². The lowest BCUT2D eigenvalue weighted by Crippen LogP contribution is -2.14. The zero-order chi connectivity index (χ0) is 19.8. The second-order valence-corrected chi connectivity index (χ2v) is 7.04. The Labute approximate surface area is 163 Å². The number of hydrogen-bond acceptors (Lipinski definition) is 7. The number of phenols is 2. The van der Waals surface area contributed by atoms with E-state index in [0.29, 0.717) is 30.5 Å². The van der Waals surface area contributed by atoms with Gasteiger partial charge in [0.2, 0.25) is 5.75 Å². The Morgan fingerprint density at radius 1 is 0.750 bits per heavy atom. The maximum atomic E-state index is 10.2. The number of phenolic OH excluding ortho intramolecular Hbond substituents is 2. The molecule has 2 saturated heterocycles. The summed E-state index contributed by atoms with van der Waals surface area (Å²) in [6.45, 7) is 1.10. The molecule has 0 amide bonds. The van der Waals surface area contributed by atoms with E-state index in [2.05, 4.69) is 0 Å². The van der Waals surface area contributed by atoms with Crippen LogP contribution >= 0.6 is 0 Å². The van der Waals surface area contributed by atoms with Gasteiger partial charge in [-0.1, -0.05) is 6.07 Å². The van der Waals surface area contributed by atoms with Crippen molar-refractivity contribution in [2.24, 2.45) is 11.8 Å². The molecule has 28 heavy (non-hydrogen) atoms. The van der Waals surface area contributed by atoms with Crippen molar-refractivity contribution in [2.75, 3.05) is 34.5 Å². The van der Waals surface area contributed by atoms with E-state index in [9.17, 15) is 10.2 Å². The van der Waals surface area contributed by atoms with Gasteiger partial charge in [-0.25, -0.2) is 0 Å². The zero-order valence-corrected chi connectivity index (χ0v) is 16.0. The van der Waals surface area contributed by atoms with Gasteiger partial charge in [0.1, 0.15) is 0 Å². The van der Waals surface area contributed by atoms with Gasteiger partial charge in [-0.15, -0.1) is 0 Å². The summed E-state index contributed by atoms with van der Waals surface area (Å²) in [4.78, 5) is 0. The van der Waals surface area contributed by atoms with Crippen molar-refractivity contribution in [2.45, 2.75) is 12.2 Å². The van der Waals surface area contributed by atoms with Gasteiger partial charge in [-0.3, -0.25) is 0 Å². The molecule has 2 heterocycles. The molecule has 7 nitrogen and oxygen atoms in total. The van der Waals surface area contributed by atoms with Crippen molar-refractivity contribution in [3.05, 3.63) is 41.5 Å². The number of benzene rings is 2. The van der Waals surface area contributed by atoms with Gasteiger partial charge in [0.05, 0.1) is 46.8 Å². The van der Waals surface area contributed by atoms with Crippen LogP contribution in [0.4, 0.5) is 0 Å². The average molecular weight is 388 g/mol. The number of hydrogen-bond donors (Lipinski definition) is 2. The molecule has 2 aliphatic rings. The van der Waals surface area contributed by atoms with Gasteiger partial charge < -0.3 is 33.9 Å². The number of fused-ring (bicyclic) bond motifs is 1. The van der Waals surface area contributed by atoms with Gasteiger partial charge >= 0.3 is 0 Å². The summed E-state index contributed by atoms with van der Waals surface area (Å²) in [5.74, 6) is 1.52. The molecule has 2 fully saturated rings. The lowest BCUT2D eigenvalue weighted by molar-refractivity contribution is 0.0191. The molecule has 2 aromatic rings. The quantitative estimate of drug-likeness (QED) is 0.813. The third-order valence-corrected chi connectivity index (χ3v) is 5.63. The van der Waals surface area contributed by atoms with E-state index in [1.165, 1.54) is 21.3 Å². The topological polar surface area (TPSA) is 86.6 Å². The summed E-state index contributed by atoms with van der Waals surface area (Å²) >= 11 is 0. The molecule has 4 atom stereocenters. The summed E-state index contributed by atoms with van der Waals surface area (Å²) in [6.07, 6.45) is -0.317. The van der Waals surface area contributed by atoms with Crippen LogP contribution in [0.5, 0.6) is 28.7 Å². The molecular formula is C21H24O7. The Morgan fingerprint density at radius 2 is 1.25 bits per heavy atom. The highest BCUT2D eigenvalue weighted by atomic mass is 16.5. The first-order valence-electron chi connectivity index (χ1n) is 9.12. The molecule has 0 saturated carbocycles. The van der Waals surface area contributed by atoms with Gasteiger partial charge in [-0.05, 0) is 35.4 Å². The van der Waals surface area contributed by atoms with Crippen molar-refractivity contribution in [3.63, 3.8) is 0 Å². The molecular weight excluding hydrogens is 364 g/mol. The van der Waals surface area contributed by atoms with Crippen LogP contribution < -0.4 is 14.2 Å². The molecule has 4 unspecified atom stereocenters. The number of methoxy groups -OCH3 is 3. The maximum Gasteiger partial charge on any atom is 0.200 e. The number of aromatic hydroxyl groups is 2. The fourth-order valence-electron chi connectivity index (χ4n) is 4.18. The highest BCUT2D eigenvalue weighted by molar-refractivity contribution is 5.53. The standard InChI is InChI=1S/C21H24O7/c1-24-16-6-11(4-5-15(16)22)20-13-9-28-21(14(13)10-27-20)12-7-17(25-2)19(23)18(8-12)26-3/h4-8,13-14,20-23H,9-10H2,1-3H3. The first-order chi connectivity index (χ1) is 13.6. The van der Waals surface area contributed by atoms with Crippen LogP contribution in [-0.2, 0) is 9.47 Å². The van der Waals surface area contributed by atoms with Crippen LogP contribution in [0, 0.1) is 11.8 Å². The predicted octanol–water partition coefficient (Wildman–Crippen LogP) is 3.20. The molecule has 2 aliphatic heterocycles. The Balaban J connectivity index is 1.61. The minimum atomic E-state index is -0.183. The third kappa shape index (κ3) is 3.00. The highest BCUT2D eigenvalue weighted by Gasteiger charge is 2.48. The van der Waals surface area contributed by atoms with Crippen LogP contribution in [0.2, 0.25) is 0 Å². The first kappa shape index (κ1) is 18.7. The van der Waals surface area contributed by atoms with Crippen LogP contribution in [0.3, 0.4) is 0 Å². The van der Waals surface area contributed by atoms with Crippen LogP contribution in [0.25, 0.3) is 0 Å². The van der Waals surface area contributed by atoms with Crippen molar-refractivity contribution < 1.29 is 33.9 Å². The Hall–Kier alpha value is -2.64. The Bertz CT molecular complexity index is 841. The molecule has 0 aliphatic carbocycles. The lowest BCUT2D eigenvalue weighted by atomic mass is 9.85. The summed E-state index contributed by atoms with van der Waals surface area (Å²) in [6, 6.07) is 8.84. The third-order valence-electron chi connectivity index (χ3n) is 5.63. The second kappa shape index (κ2) is 7.41. The van der Waals surface area contributed by atoms with Crippen molar-refractivity contribution in [3.8, 4) is 28.7 Å². The summed E-state index contributed by atoms with van der Waals surface area (Å²) in [7, 11) is 4.53. The minimum absolute atomic E-state index is 0.0277. The fourth-order valence-corrected chi connectivity index (χ4v) is 4.18. The number of ether oxygens (including phenoxy) is 5. The molecule has 2 aromatic carbocycles. The smallest absolute Gasteiger partial charge is 0.200 e. The molecule has 0 bridgehead atoms. The summed E-state index contributed by atoms with van der Waals surface area (Å²) in [5, 5.41) is 20.0. The fraction of sp³-hybridized carbons (Fsp3) is 0.429. The van der Waals surface area contributed by atoms with Crippen LogP contribution in [-0.4, -0.2) is 44.8 Å². The van der Waals surface area contributed by atoms with Crippen molar-refractivity contribution in [1.29, 1.82) is 0 Å². The molecule has 150 valence electrons. The van der Waals surface area contributed by atoms with E-state index in [1.54, 1.807) is 18.2 Å². The van der Waals surface area contributed by atoms with E-state index in [0.717, 1.165) is 11.1 Å². The SMILES string of the molecule is COc1cc(C2OCC3C(c4cc(OC)c(O)c(OC)c4)OCC23)ccc1O. The van der Waals surface area contributed by atoms with Crippen molar-refractivity contribution >= 4 is 0 Å². The molecule has 0 aromatic heterocycles. The van der Waals surface area contributed by atoms with Crippen LogP contribution in [0.15, 0.2) is 30.3 Å². The predicted molar refractivity (Wildman–Crippen MR) is 100 cm³/mol. The van der Waals surface area contributed by atoms with E-state index in [-0.39, 0.29) is 35.5 Å². The summed E-state index contributed by atoms with van der Waals surface area (Å²) in [5.41, 5.74) is 1.83. The Morgan fingerprint density at radius 3 is 1.79 bits per heavy atom. The molecule has 0 spiro atoms. The van der Waals surface area contributed by atoms with E-state index in [1.807, 2.05) is 12.1 Å². The van der Waals surface area contributed by atoms with E-state index >= 15 is 0 Å². The Kier molecular flexibility index (Phi) is 4.95. The van der Waals surface area contributed by atoms with Crippen molar-refractivity contribution in [1.82, 2.24) is 0 Å². The molecule has 0 radical (unpaired) electrons. The highest BCUT2D eigenvalue weighted by Crippen LogP contribution is 2.52. The van der Waals surface area contributed by atoms with Gasteiger partial charge in [-0.2, -0.15) is 0 Å². The van der Waals surface area contributed by atoms with Crippen LogP contribution in [0.1, 0.15) is 23.3 Å². The van der Waals surface area contributed by atoms with E-state index < -0.39 is 0 Å². The lowest BCUT2D eigenvalue weighted by Gasteiger charge is -2.19. The average Bonchev–Trinajstić information content (AvgIpc) is 3.31. The van der Waals surface area contributed by atoms with E-state index in [4.69, 9.17) is 23.7 Å². The monoisotopic (exact) mass is 388 g/mol.